The first-order chi connectivity index (χ1) is 10.9. The molecule has 1 heterocycles. The zero-order valence-electron chi connectivity index (χ0n) is 13.8. The normalized spacial score (nSPS) is 42.3. The molecule has 2 saturated carbocycles. The van der Waals surface area contributed by atoms with E-state index < -0.39 is 12.2 Å². The van der Waals surface area contributed by atoms with Gasteiger partial charge in [0.25, 0.3) is 0 Å². The fourth-order valence-corrected chi connectivity index (χ4v) is 5.14. The van der Waals surface area contributed by atoms with Crippen LogP contribution < -0.4 is 0 Å². The van der Waals surface area contributed by atoms with Crippen LogP contribution in [0, 0.1) is 46.8 Å². The van der Waals surface area contributed by atoms with Crippen molar-refractivity contribution in [2.45, 2.75) is 64.1 Å². The minimum absolute atomic E-state index is 0.0588. The van der Waals surface area contributed by atoms with Gasteiger partial charge in [0.05, 0.1) is 12.6 Å². The van der Waals surface area contributed by atoms with E-state index in [0.29, 0.717) is 24.2 Å². The van der Waals surface area contributed by atoms with E-state index in [0.717, 1.165) is 32.1 Å². The molecule has 2 aliphatic carbocycles. The highest BCUT2D eigenvalue weighted by Crippen LogP contribution is 2.56. The predicted molar refractivity (Wildman–Crippen MR) is 85.7 cm³/mol. The molecule has 6 atom stereocenters. The lowest BCUT2D eigenvalue weighted by molar-refractivity contribution is -0.132. The number of rotatable bonds is 3. The number of terminal acetylenes is 1. The summed E-state index contributed by atoms with van der Waals surface area (Å²) in [5.41, 5.74) is 0.196. The predicted octanol–water partition coefficient (Wildman–Crippen LogP) is 3.30. The van der Waals surface area contributed by atoms with Gasteiger partial charge in [-0.15, -0.1) is 12.3 Å². The van der Waals surface area contributed by atoms with Crippen LogP contribution >= 0.6 is 0 Å². The van der Waals surface area contributed by atoms with Gasteiger partial charge in [-0.1, -0.05) is 6.92 Å². The van der Waals surface area contributed by atoms with Gasteiger partial charge in [0.2, 0.25) is 5.91 Å². The third-order valence-corrected chi connectivity index (χ3v) is 6.25. The molecule has 1 amide bonds. The van der Waals surface area contributed by atoms with Crippen molar-refractivity contribution < 1.29 is 9.18 Å². The van der Waals surface area contributed by atoms with Crippen LogP contribution in [0.5, 0.6) is 0 Å². The molecular weight excluding hydrogens is 291 g/mol. The summed E-state index contributed by atoms with van der Waals surface area (Å²) in [6.45, 7) is 2.36. The summed E-state index contributed by atoms with van der Waals surface area (Å²) >= 11 is 0. The summed E-state index contributed by atoms with van der Waals surface area (Å²) in [5.74, 6) is 4.71. The third kappa shape index (κ3) is 3.23. The summed E-state index contributed by atoms with van der Waals surface area (Å²) in [6, 6.07) is 1.47. The molecule has 4 heteroatoms. The van der Waals surface area contributed by atoms with E-state index in [1.165, 1.54) is 4.90 Å². The smallest absolute Gasteiger partial charge is 0.223 e. The van der Waals surface area contributed by atoms with Gasteiger partial charge >= 0.3 is 0 Å². The molecule has 1 saturated heterocycles. The summed E-state index contributed by atoms with van der Waals surface area (Å²) in [6.07, 6.45) is 10.5. The molecule has 0 N–H and O–H groups in total. The molecule has 3 aliphatic rings. The Morgan fingerprint density at radius 3 is 2.57 bits per heavy atom. The number of carbonyl (C=O) groups excluding carboxylic acids is 1. The monoisotopic (exact) mass is 316 g/mol. The Bertz CT molecular complexity index is 547. The van der Waals surface area contributed by atoms with Crippen LogP contribution in [0.3, 0.4) is 0 Å². The molecular formula is C19H25FN2O. The van der Waals surface area contributed by atoms with E-state index in [-0.39, 0.29) is 24.3 Å². The number of fused-ring (bicyclic) bond motifs is 1. The molecule has 0 bridgehead atoms. The lowest BCUT2D eigenvalue weighted by Gasteiger charge is -2.27. The Kier molecular flexibility index (Phi) is 4.37. The minimum Gasteiger partial charge on any atom is -0.324 e. The van der Waals surface area contributed by atoms with Crippen LogP contribution in [-0.4, -0.2) is 29.6 Å². The maximum Gasteiger partial charge on any atom is 0.223 e. The van der Waals surface area contributed by atoms with Gasteiger partial charge in [-0.2, -0.15) is 5.26 Å². The van der Waals surface area contributed by atoms with E-state index >= 15 is 0 Å². The van der Waals surface area contributed by atoms with E-state index in [4.69, 9.17) is 11.7 Å². The number of amides is 1. The fourth-order valence-electron chi connectivity index (χ4n) is 5.14. The van der Waals surface area contributed by atoms with Crippen LogP contribution in [0.1, 0.15) is 51.9 Å². The first-order valence-corrected chi connectivity index (χ1v) is 8.73. The van der Waals surface area contributed by atoms with Gasteiger partial charge in [0.15, 0.2) is 0 Å². The number of alkyl halides is 1. The van der Waals surface area contributed by atoms with Gasteiger partial charge in [-0.3, -0.25) is 4.79 Å². The second-order valence-corrected chi connectivity index (χ2v) is 8.10. The van der Waals surface area contributed by atoms with Crippen LogP contribution in [-0.2, 0) is 4.79 Å². The number of carbonyl (C=O) groups is 1. The molecule has 1 aliphatic heterocycles. The molecule has 0 aromatic carbocycles. The van der Waals surface area contributed by atoms with Crippen molar-refractivity contribution in [3.8, 4) is 18.4 Å². The zero-order chi connectivity index (χ0) is 16.6. The van der Waals surface area contributed by atoms with Crippen molar-refractivity contribution in [2.24, 2.45) is 23.2 Å². The highest BCUT2D eigenvalue weighted by atomic mass is 19.1. The quantitative estimate of drug-likeness (QED) is 0.750. The summed E-state index contributed by atoms with van der Waals surface area (Å²) < 4.78 is 13.5. The number of nitrogens with zero attached hydrogens (tertiary/aromatic N) is 2. The first-order valence-electron chi connectivity index (χ1n) is 8.73. The number of likely N-dealkylation sites (tertiary alicyclic amines) is 1. The first kappa shape index (κ1) is 16.3. The van der Waals surface area contributed by atoms with Gasteiger partial charge in [-0.25, -0.2) is 4.39 Å². The van der Waals surface area contributed by atoms with Crippen molar-refractivity contribution in [1.82, 2.24) is 4.90 Å². The van der Waals surface area contributed by atoms with Crippen molar-refractivity contribution in [1.29, 1.82) is 5.26 Å². The number of hydrogen-bond donors (Lipinski definition) is 0. The van der Waals surface area contributed by atoms with E-state index in [9.17, 15) is 9.18 Å². The van der Waals surface area contributed by atoms with Crippen molar-refractivity contribution in [3.05, 3.63) is 0 Å². The SMILES string of the molecule is C#CC1C[C@@H]2CC(C)(CCC(=O)N3C[C@@H](F)C[C@H]3C#N)C[C@@H]2C1. The van der Waals surface area contributed by atoms with Crippen molar-refractivity contribution >= 4 is 5.91 Å². The number of nitriles is 1. The van der Waals surface area contributed by atoms with Crippen LogP contribution in [0.4, 0.5) is 4.39 Å². The van der Waals surface area contributed by atoms with E-state index in [1.54, 1.807) is 0 Å². The number of halogens is 1. The maximum atomic E-state index is 13.5. The van der Waals surface area contributed by atoms with Gasteiger partial charge in [0, 0.05) is 18.8 Å². The molecule has 124 valence electrons. The summed E-state index contributed by atoms with van der Waals surface area (Å²) in [5, 5.41) is 9.06. The van der Waals surface area contributed by atoms with Crippen LogP contribution in [0.25, 0.3) is 0 Å². The van der Waals surface area contributed by atoms with E-state index in [2.05, 4.69) is 18.9 Å². The van der Waals surface area contributed by atoms with Crippen molar-refractivity contribution in [2.75, 3.05) is 6.54 Å². The van der Waals surface area contributed by atoms with Gasteiger partial charge in [0.1, 0.15) is 12.2 Å². The molecule has 0 spiro atoms. The zero-order valence-corrected chi connectivity index (χ0v) is 13.8. The molecule has 3 nitrogen and oxygen atoms in total. The highest BCUT2D eigenvalue weighted by Gasteiger charge is 2.47. The minimum atomic E-state index is -1.05. The maximum absolute atomic E-state index is 13.5. The third-order valence-electron chi connectivity index (χ3n) is 6.25. The fraction of sp³-hybridized carbons (Fsp3) is 0.789. The Balaban J connectivity index is 1.52. The Morgan fingerprint density at radius 1 is 1.35 bits per heavy atom. The van der Waals surface area contributed by atoms with E-state index in [1.807, 2.05) is 0 Å². The highest BCUT2D eigenvalue weighted by molar-refractivity contribution is 5.77. The molecule has 0 radical (unpaired) electrons. The second kappa shape index (κ2) is 6.16. The Labute approximate surface area is 138 Å². The molecule has 0 aromatic rings. The Morgan fingerprint density at radius 2 is 2.00 bits per heavy atom. The molecule has 3 rings (SSSR count). The average Bonchev–Trinajstić information content (AvgIpc) is 3.15. The summed E-state index contributed by atoms with van der Waals surface area (Å²) in [4.78, 5) is 13.8. The molecule has 3 fully saturated rings. The average molecular weight is 316 g/mol. The number of hydrogen-bond acceptors (Lipinski definition) is 2. The summed E-state index contributed by atoms with van der Waals surface area (Å²) in [7, 11) is 0. The molecule has 2 unspecified atom stereocenters. The van der Waals surface area contributed by atoms with Gasteiger partial charge in [-0.05, 0) is 49.4 Å². The van der Waals surface area contributed by atoms with Gasteiger partial charge < -0.3 is 4.90 Å². The molecule has 0 aromatic heterocycles. The van der Waals surface area contributed by atoms with Crippen LogP contribution in [0.15, 0.2) is 0 Å². The lowest BCUT2D eigenvalue weighted by Crippen LogP contribution is -2.35. The lowest BCUT2D eigenvalue weighted by atomic mass is 9.80. The topological polar surface area (TPSA) is 44.1 Å². The Hall–Kier alpha value is -1.55. The van der Waals surface area contributed by atoms with Crippen LogP contribution in [0.2, 0.25) is 0 Å². The van der Waals surface area contributed by atoms with Crippen molar-refractivity contribution in [3.63, 3.8) is 0 Å². The molecule has 23 heavy (non-hydrogen) atoms. The second-order valence-electron chi connectivity index (χ2n) is 8.10. The standard InChI is InChI=1S/C19H25FN2O/c1-3-13-6-14-9-19(2,10-15(14)7-13)5-4-18(23)22-12-16(20)8-17(22)11-21/h1,13-17H,4-10,12H2,2H3/t13?,14-,15+,16-,17-,19?/m0/s1. The largest absolute Gasteiger partial charge is 0.324 e.